The third kappa shape index (κ3) is 5.25. The van der Waals surface area contributed by atoms with Crippen molar-refractivity contribution in [3.05, 3.63) is 71.8 Å². The maximum atomic E-state index is 12.4. The molecule has 4 heteroatoms. The van der Waals surface area contributed by atoms with Crippen LogP contribution in [0.3, 0.4) is 0 Å². The number of amides is 2. The first-order valence-electron chi connectivity index (χ1n) is 7.63. The molecule has 120 valence electrons. The van der Waals surface area contributed by atoms with E-state index in [1.54, 1.807) is 16.8 Å². The van der Waals surface area contributed by atoms with Crippen molar-refractivity contribution in [1.29, 1.82) is 0 Å². The van der Waals surface area contributed by atoms with E-state index in [1.807, 2.05) is 60.7 Å². The monoisotopic (exact) mass is 310 g/mol. The summed E-state index contributed by atoms with van der Waals surface area (Å²) in [5, 5.41) is 0. The van der Waals surface area contributed by atoms with E-state index in [1.165, 1.54) is 6.92 Å². The van der Waals surface area contributed by atoms with Gasteiger partial charge in [-0.05, 0) is 11.1 Å². The third-order valence-electron chi connectivity index (χ3n) is 3.68. The number of carbonyl (C=O) groups excluding carboxylic acids is 2. The molecule has 0 aliphatic carbocycles. The maximum Gasteiger partial charge on any atom is 0.242 e. The van der Waals surface area contributed by atoms with Crippen molar-refractivity contribution in [3.8, 4) is 0 Å². The molecular formula is C19H22N2O2. The summed E-state index contributed by atoms with van der Waals surface area (Å²) in [4.78, 5) is 27.4. The quantitative estimate of drug-likeness (QED) is 0.823. The predicted molar refractivity (Wildman–Crippen MR) is 90.4 cm³/mol. The van der Waals surface area contributed by atoms with Gasteiger partial charge in [-0.3, -0.25) is 9.59 Å². The molecule has 0 aliphatic heterocycles. The Balaban J connectivity index is 1.96. The van der Waals surface area contributed by atoms with Gasteiger partial charge in [-0.15, -0.1) is 0 Å². The van der Waals surface area contributed by atoms with Crippen molar-refractivity contribution in [3.63, 3.8) is 0 Å². The molecule has 2 aromatic rings. The number of benzene rings is 2. The van der Waals surface area contributed by atoms with Crippen LogP contribution in [0.15, 0.2) is 60.7 Å². The van der Waals surface area contributed by atoms with Gasteiger partial charge < -0.3 is 9.80 Å². The second kappa shape index (κ2) is 8.13. The van der Waals surface area contributed by atoms with E-state index in [0.717, 1.165) is 11.1 Å². The van der Waals surface area contributed by atoms with Gasteiger partial charge in [0.25, 0.3) is 0 Å². The van der Waals surface area contributed by atoms with Gasteiger partial charge in [-0.1, -0.05) is 60.7 Å². The summed E-state index contributed by atoms with van der Waals surface area (Å²) in [6, 6.07) is 19.5. The minimum atomic E-state index is -0.102. The van der Waals surface area contributed by atoms with Gasteiger partial charge >= 0.3 is 0 Å². The van der Waals surface area contributed by atoms with Crippen molar-refractivity contribution in [2.75, 3.05) is 13.6 Å². The average Bonchev–Trinajstić information content (AvgIpc) is 2.56. The minimum absolute atomic E-state index is 0.0695. The highest BCUT2D eigenvalue weighted by Crippen LogP contribution is 2.07. The number of rotatable bonds is 6. The molecule has 23 heavy (non-hydrogen) atoms. The molecular weight excluding hydrogens is 288 g/mol. The van der Waals surface area contributed by atoms with Gasteiger partial charge in [0.2, 0.25) is 11.8 Å². The van der Waals surface area contributed by atoms with Crippen LogP contribution in [0.1, 0.15) is 18.1 Å². The molecule has 0 fully saturated rings. The molecule has 0 atom stereocenters. The molecule has 2 rings (SSSR count). The standard InChI is InChI=1S/C19H22N2O2/c1-16(22)21(14-18-11-7-4-8-12-18)15-19(23)20(2)13-17-9-5-3-6-10-17/h3-12H,13-15H2,1-2H3. The van der Waals surface area contributed by atoms with Gasteiger partial charge in [0.05, 0.1) is 0 Å². The van der Waals surface area contributed by atoms with Crippen LogP contribution in [-0.4, -0.2) is 35.2 Å². The molecule has 0 aliphatic rings. The Bertz CT molecular complexity index is 641. The smallest absolute Gasteiger partial charge is 0.242 e. The number of hydrogen-bond acceptors (Lipinski definition) is 2. The number of likely N-dealkylation sites (N-methyl/N-ethyl adjacent to an activating group) is 1. The molecule has 0 aromatic heterocycles. The predicted octanol–water partition coefficient (Wildman–Crippen LogP) is 2.69. The van der Waals surface area contributed by atoms with Crippen LogP contribution >= 0.6 is 0 Å². The summed E-state index contributed by atoms with van der Waals surface area (Å²) in [6.07, 6.45) is 0. The second-order valence-corrected chi connectivity index (χ2v) is 5.60. The molecule has 2 amide bonds. The van der Waals surface area contributed by atoms with Crippen molar-refractivity contribution < 1.29 is 9.59 Å². The Morgan fingerprint density at radius 2 is 1.30 bits per heavy atom. The highest BCUT2D eigenvalue weighted by molar-refractivity contribution is 5.83. The number of hydrogen-bond donors (Lipinski definition) is 0. The van der Waals surface area contributed by atoms with Gasteiger partial charge in [0, 0.05) is 27.1 Å². The zero-order chi connectivity index (χ0) is 16.7. The summed E-state index contributed by atoms with van der Waals surface area (Å²) >= 11 is 0. The lowest BCUT2D eigenvalue weighted by atomic mass is 10.2. The van der Waals surface area contributed by atoms with Gasteiger partial charge in [-0.2, -0.15) is 0 Å². The lowest BCUT2D eigenvalue weighted by Gasteiger charge is -2.24. The summed E-state index contributed by atoms with van der Waals surface area (Å²) in [7, 11) is 1.76. The molecule has 0 radical (unpaired) electrons. The average molecular weight is 310 g/mol. The van der Waals surface area contributed by atoms with Crippen molar-refractivity contribution >= 4 is 11.8 Å². The molecule has 2 aromatic carbocycles. The SMILES string of the molecule is CC(=O)N(CC(=O)N(C)Cc1ccccc1)Cc1ccccc1. The summed E-state index contributed by atoms with van der Waals surface area (Å²) in [5.41, 5.74) is 2.09. The van der Waals surface area contributed by atoms with Crippen LogP contribution in [0.2, 0.25) is 0 Å². The number of nitrogens with zero attached hydrogens (tertiary/aromatic N) is 2. The maximum absolute atomic E-state index is 12.4. The van der Waals surface area contributed by atoms with Crippen LogP contribution < -0.4 is 0 Å². The third-order valence-corrected chi connectivity index (χ3v) is 3.68. The molecule has 0 saturated heterocycles. The van der Waals surface area contributed by atoms with E-state index < -0.39 is 0 Å². The molecule has 0 N–H and O–H groups in total. The van der Waals surface area contributed by atoms with Crippen molar-refractivity contribution in [2.45, 2.75) is 20.0 Å². The fraction of sp³-hybridized carbons (Fsp3) is 0.263. The highest BCUT2D eigenvalue weighted by Gasteiger charge is 2.17. The van der Waals surface area contributed by atoms with Crippen LogP contribution in [0.25, 0.3) is 0 Å². The second-order valence-electron chi connectivity index (χ2n) is 5.60. The Morgan fingerprint density at radius 3 is 1.78 bits per heavy atom. The molecule has 4 nitrogen and oxygen atoms in total. The highest BCUT2D eigenvalue weighted by atomic mass is 16.2. The van der Waals surface area contributed by atoms with Crippen LogP contribution in [0, 0.1) is 0 Å². The Labute approximate surface area is 137 Å². The molecule has 0 saturated carbocycles. The van der Waals surface area contributed by atoms with E-state index in [-0.39, 0.29) is 18.4 Å². The van der Waals surface area contributed by atoms with E-state index in [0.29, 0.717) is 13.1 Å². The van der Waals surface area contributed by atoms with E-state index in [2.05, 4.69) is 0 Å². The molecule has 0 heterocycles. The first kappa shape index (κ1) is 16.7. The van der Waals surface area contributed by atoms with Gasteiger partial charge in [-0.25, -0.2) is 0 Å². The first-order chi connectivity index (χ1) is 11.1. The molecule has 0 spiro atoms. The topological polar surface area (TPSA) is 40.6 Å². The fourth-order valence-electron chi connectivity index (χ4n) is 2.31. The summed E-state index contributed by atoms with van der Waals surface area (Å²) in [5.74, 6) is -0.171. The fourth-order valence-corrected chi connectivity index (χ4v) is 2.31. The lowest BCUT2D eigenvalue weighted by Crippen LogP contribution is -2.40. The van der Waals surface area contributed by atoms with Crippen LogP contribution in [0.5, 0.6) is 0 Å². The van der Waals surface area contributed by atoms with Crippen LogP contribution in [0.4, 0.5) is 0 Å². The minimum Gasteiger partial charge on any atom is -0.340 e. The van der Waals surface area contributed by atoms with Gasteiger partial charge in [0.15, 0.2) is 0 Å². The van der Waals surface area contributed by atoms with E-state index in [9.17, 15) is 9.59 Å². The van der Waals surface area contributed by atoms with Crippen LogP contribution in [-0.2, 0) is 22.7 Å². The Hall–Kier alpha value is -2.62. The van der Waals surface area contributed by atoms with Crippen molar-refractivity contribution in [2.24, 2.45) is 0 Å². The Morgan fingerprint density at radius 1 is 0.826 bits per heavy atom. The normalized spacial score (nSPS) is 10.2. The largest absolute Gasteiger partial charge is 0.340 e. The van der Waals surface area contributed by atoms with E-state index in [4.69, 9.17) is 0 Å². The molecule has 0 bridgehead atoms. The van der Waals surface area contributed by atoms with Gasteiger partial charge in [0.1, 0.15) is 6.54 Å². The summed E-state index contributed by atoms with van der Waals surface area (Å²) in [6.45, 7) is 2.57. The lowest BCUT2D eigenvalue weighted by molar-refractivity contribution is -0.139. The zero-order valence-corrected chi connectivity index (χ0v) is 13.6. The molecule has 0 unspecified atom stereocenters. The Kier molecular flexibility index (Phi) is 5.92. The zero-order valence-electron chi connectivity index (χ0n) is 13.6. The number of carbonyl (C=O) groups is 2. The van der Waals surface area contributed by atoms with E-state index >= 15 is 0 Å². The summed E-state index contributed by atoms with van der Waals surface area (Å²) < 4.78 is 0. The first-order valence-corrected chi connectivity index (χ1v) is 7.63. The van der Waals surface area contributed by atoms with Crippen molar-refractivity contribution in [1.82, 2.24) is 9.80 Å².